The van der Waals surface area contributed by atoms with Crippen molar-refractivity contribution in [1.82, 2.24) is 4.90 Å². The van der Waals surface area contributed by atoms with Crippen LogP contribution in [0.15, 0.2) is 18.2 Å². The Labute approximate surface area is 125 Å². The number of fused-ring (bicyclic) bond motifs is 1. The quantitative estimate of drug-likeness (QED) is 0.819. The van der Waals surface area contributed by atoms with E-state index in [9.17, 15) is 4.39 Å². The van der Waals surface area contributed by atoms with Gasteiger partial charge in [0.1, 0.15) is 5.82 Å². The van der Waals surface area contributed by atoms with E-state index in [2.05, 4.69) is 23.6 Å². The Morgan fingerprint density at radius 3 is 2.80 bits per heavy atom. The van der Waals surface area contributed by atoms with Crippen LogP contribution >= 0.6 is 11.6 Å². The van der Waals surface area contributed by atoms with Gasteiger partial charge in [-0.15, -0.1) is 0 Å². The van der Waals surface area contributed by atoms with E-state index in [1.54, 1.807) is 6.07 Å². The number of hydrogen-bond donors (Lipinski definition) is 0. The lowest BCUT2D eigenvalue weighted by atomic mass is 9.96. The van der Waals surface area contributed by atoms with E-state index in [1.165, 1.54) is 25.5 Å². The van der Waals surface area contributed by atoms with Crippen LogP contribution in [0.2, 0.25) is 5.02 Å². The zero-order valence-electron chi connectivity index (χ0n) is 12.1. The molecule has 0 N–H and O–H groups in total. The monoisotopic (exact) mass is 296 g/mol. The molecule has 2 saturated heterocycles. The Bertz CT molecular complexity index is 491. The van der Waals surface area contributed by atoms with Gasteiger partial charge in [-0.3, -0.25) is 4.90 Å². The maximum Gasteiger partial charge on any atom is 0.147 e. The second kappa shape index (κ2) is 5.53. The minimum atomic E-state index is -0.199. The number of piperazine rings is 1. The predicted octanol–water partition coefficient (Wildman–Crippen LogP) is 3.79. The smallest absolute Gasteiger partial charge is 0.147 e. The van der Waals surface area contributed by atoms with Gasteiger partial charge in [-0.25, -0.2) is 4.39 Å². The minimum absolute atomic E-state index is 0.199. The van der Waals surface area contributed by atoms with E-state index in [1.807, 2.05) is 6.07 Å². The molecule has 0 saturated carbocycles. The van der Waals surface area contributed by atoms with Crippen LogP contribution in [-0.4, -0.2) is 36.6 Å². The highest BCUT2D eigenvalue weighted by atomic mass is 35.5. The van der Waals surface area contributed by atoms with Crippen LogP contribution in [0.5, 0.6) is 0 Å². The summed E-state index contributed by atoms with van der Waals surface area (Å²) in [5.41, 5.74) is 0.708. The SMILES string of the molecule is CC(C)C1CN2CCCC2CN1c1ccc(Cl)cc1F. The van der Waals surface area contributed by atoms with E-state index in [4.69, 9.17) is 11.6 Å². The maximum absolute atomic E-state index is 14.3. The molecule has 0 aliphatic carbocycles. The largest absolute Gasteiger partial charge is 0.363 e. The molecule has 2 heterocycles. The highest BCUT2D eigenvalue weighted by molar-refractivity contribution is 6.30. The van der Waals surface area contributed by atoms with Crippen molar-refractivity contribution < 1.29 is 4.39 Å². The Kier molecular flexibility index (Phi) is 3.91. The lowest BCUT2D eigenvalue weighted by Crippen LogP contribution is -2.58. The molecule has 0 bridgehead atoms. The van der Waals surface area contributed by atoms with Crippen LogP contribution in [0, 0.1) is 11.7 Å². The summed E-state index contributed by atoms with van der Waals surface area (Å²) in [5, 5.41) is 0.465. The Balaban J connectivity index is 1.91. The van der Waals surface area contributed by atoms with Crippen LogP contribution in [0.4, 0.5) is 10.1 Å². The molecule has 1 aromatic rings. The molecule has 0 aromatic heterocycles. The van der Waals surface area contributed by atoms with E-state index < -0.39 is 0 Å². The van der Waals surface area contributed by atoms with Gasteiger partial charge in [0.15, 0.2) is 0 Å². The van der Waals surface area contributed by atoms with Crippen molar-refractivity contribution in [2.75, 3.05) is 24.5 Å². The fourth-order valence-electron chi connectivity index (χ4n) is 3.61. The van der Waals surface area contributed by atoms with Crippen LogP contribution in [0.25, 0.3) is 0 Å². The van der Waals surface area contributed by atoms with Crippen LogP contribution in [0.3, 0.4) is 0 Å². The average Bonchev–Trinajstić information content (AvgIpc) is 2.84. The first-order chi connectivity index (χ1) is 9.56. The third-order valence-electron chi connectivity index (χ3n) is 4.72. The number of nitrogens with zero attached hydrogens (tertiary/aromatic N) is 2. The van der Waals surface area contributed by atoms with Gasteiger partial charge < -0.3 is 4.90 Å². The highest BCUT2D eigenvalue weighted by Gasteiger charge is 2.38. The molecule has 2 fully saturated rings. The van der Waals surface area contributed by atoms with Crippen LogP contribution in [-0.2, 0) is 0 Å². The summed E-state index contributed by atoms with van der Waals surface area (Å²) >= 11 is 5.88. The molecule has 110 valence electrons. The van der Waals surface area contributed by atoms with Gasteiger partial charge in [-0.2, -0.15) is 0 Å². The van der Waals surface area contributed by atoms with Crippen molar-refractivity contribution in [3.63, 3.8) is 0 Å². The summed E-state index contributed by atoms with van der Waals surface area (Å²) in [5.74, 6) is 0.307. The van der Waals surface area contributed by atoms with E-state index in [0.717, 1.165) is 13.1 Å². The second-order valence-corrected chi connectivity index (χ2v) is 6.79. The predicted molar refractivity (Wildman–Crippen MR) is 82.0 cm³/mol. The van der Waals surface area contributed by atoms with Gasteiger partial charge in [0.2, 0.25) is 0 Å². The molecule has 0 amide bonds. The minimum Gasteiger partial charge on any atom is -0.363 e. The summed E-state index contributed by atoms with van der Waals surface area (Å²) < 4.78 is 14.3. The number of halogens is 2. The Morgan fingerprint density at radius 2 is 2.10 bits per heavy atom. The molecule has 3 rings (SSSR count). The van der Waals surface area contributed by atoms with Crippen molar-refractivity contribution >= 4 is 17.3 Å². The highest BCUT2D eigenvalue weighted by Crippen LogP contribution is 2.33. The van der Waals surface area contributed by atoms with Gasteiger partial charge >= 0.3 is 0 Å². The molecule has 20 heavy (non-hydrogen) atoms. The van der Waals surface area contributed by atoms with Crippen molar-refractivity contribution in [3.05, 3.63) is 29.0 Å². The van der Waals surface area contributed by atoms with E-state index in [0.29, 0.717) is 28.7 Å². The number of benzene rings is 1. The van der Waals surface area contributed by atoms with E-state index >= 15 is 0 Å². The van der Waals surface area contributed by atoms with Crippen molar-refractivity contribution in [2.24, 2.45) is 5.92 Å². The van der Waals surface area contributed by atoms with Gasteiger partial charge in [0, 0.05) is 30.2 Å². The van der Waals surface area contributed by atoms with Gasteiger partial charge in [-0.05, 0) is 43.5 Å². The van der Waals surface area contributed by atoms with Crippen molar-refractivity contribution in [3.8, 4) is 0 Å². The molecule has 2 nitrogen and oxygen atoms in total. The lowest BCUT2D eigenvalue weighted by Gasteiger charge is -2.46. The van der Waals surface area contributed by atoms with Crippen LogP contribution < -0.4 is 4.90 Å². The van der Waals surface area contributed by atoms with Gasteiger partial charge in [0.25, 0.3) is 0 Å². The second-order valence-electron chi connectivity index (χ2n) is 6.35. The molecule has 4 heteroatoms. The number of hydrogen-bond acceptors (Lipinski definition) is 2. The average molecular weight is 297 g/mol. The Morgan fingerprint density at radius 1 is 1.30 bits per heavy atom. The van der Waals surface area contributed by atoms with Crippen molar-refractivity contribution in [2.45, 2.75) is 38.8 Å². The molecule has 2 aliphatic rings. The van der Waals surface area contributed by atoms with Gasteiger partial charge in [0.05, 0.1) is 5.69 Å². The third-order valence-corrected chi connectivity index (χ3v) is 4.95. The summed E-state index contributed by atoms with van der Waals surface area (Å²) in [7, 11) is 0. The molecular weight excluding hydrogens is 275 g/mol. The summed E-state index contributed by atoms with van der Waals surface area (Å²) in [6.45, 7) is 7.63. The fourth-order valence-corrected chi connectivity index (χ4v) is 3.76. The molecule has 0 radical (unpaired) electrons. The molecular formula is C16H22ClFN2. The van der Waals surface area contributed by atoms with Gasteiger partial charge in [-0.1, -0.05) is 25.4 Å². The van der Waals surface area contributed by atoms with Crippen molar-refractivity contribution in [1.29, 1.82) is 0 Å². The first-order valence-corrected chi connectivity index (χ1v) is 7.90. The maximum atomic E-state index is 14.3. The fraction of sp³-hybridized carbons (Fsp3) is 0.625. The first-order valence-electron chi connectivity index (χ1n) is 7.52. The normalized spacial score (nSPS) is 27.1. The Hall–Kier alpha value is -0.800. The molecule has 2 aliphatic heterocycles. The van der Waals surface area contributed by atoms with E-state index in [-0.39, 0.29) is 5.82 Å². The lowest BCUT2D eigenvalue weighted by molar-refractivity contribution is 0.176. The third kappa shape index (κ3) is 2.53. The zero-order valence-corrected chi connectivity index (χ0v) is 12.9. The molecule has 0 spiro atoms. The standard InChI is InChI=1S/C16H22ClFN2/c1-11(2)16-10-19-7-3-4-13(19)9-20(16)15-6-5-12(17)8-14(15)18/h5-6,8,11,13,16H,3-4,7,9-10H2,1-2H3. The molecule has 2 atom stereocenters. The summed E-state index contributed by atoms with van der Waals surface area (Å²) in [6, 6.07) is 6.01. The molecule has 1 aromatic carbocycles. The summed E-state index contributed by atoms with van der Waals surface area (Å²) in [4.78, 5) is 4.85. The topological polar surface area (TPSA) is 6.48 Å². The number of rotatable bonds is 2. The van der Waals surface area contributed by atoms with Crippen LogP contribution in [0.1, 0.15) is 26.7 Å². The molecule has 2 unspecified atom stereocenters. The number of anilines is 1. The summed E-state index contributed by atoms with van der Waals surface area (Å²) in [6.07, 6.45) is 2.50. The first kappa shape index (κ1) is 14.2. The zero-order chi connectivity index (χ0) is 14.3.